The van der Waals surface area contributed by atoms with Gasteiger partial charge in [0.1, 0.15) is 5.52 Å². The van der Waals surface area contributed by atoms with Crippen LogP contribution < -0.4 is 10.9 Å². The van der Waals surface area contributed by atoms with Crippen LogP contribution in [-0.4, -0.2) is 25.6 Å². The maximum atomic E-state index is 12.8. The van der Waals surface area contributed by atoms with Crippen LogP contribution in [0.5, 0.6) is 0 Å². The van der Waals surface area contributed by atoms with Crippen LogP contribution in [0.2, 0.25) is 0 Å². The molecule has 0 bridgehead atoms. The lowest BCUT2D eigenvalue weighted by Crippen LogP contribution is -2.25. The molecule has 1 aromatic carbocycles. The summed E-state index contributed by atoms with van der Waals surface area (Å²) in [6, 6.07) is 14.0. The van der Waals surface area contributed by atoms with Gasteiger partial charge in [0.25, 0.3) is 5.56 Å². The third-order valence-corrected chi connectivity index (χ3v) is 4.61. The zero-order chi connectivity index (χ0) is 19.7. The highest BCUT2D eigenvalue weighted by Crippen LogP contribution is 2.14. The fourth-order valence-electron chi connectivity index (χ4n) is 3.24. The number of amides is 1. The quantitative estimate of drug-likeness (QED) is 0.544. The average molecular weight is 374 g/mol. The van der Waals surface area contributed by atoms with E-state index in [0.717, 1.165) is 5.52 Å². The molecule has 3 aromatic heterocycles. The summed E-state index contributed by atoms with van der Waals surface area (Å²) in [4.78, 5) is 41.0. The second kappa shape index (κ2) is 7.11. The first kappa shape index (κ1) is 17.7. The van der Waals surface area contributed by atoms with Crippen LogP contribution in [0.3, 0.4) is 0 Å². The molecule has 0 aliphatic carbocycles. The minimum atomic E-state index is -0.244. The van der Waals surface area contributed by atoms with E-state index in [1.807, 2.05) is 24.4 Å². The van der Waals surface area contributed by atoms with E-state index in [2.05, 4.69) is 10.3 Å². The van der Waals surface area contributed by atoms with E-state index in [4.69, 9.17) is 0 Å². The number of nitrogens with one attached hydrogen (secondary N) is 1. The van der Waals surface area contributed by atoms with E-state index in [1.165, 1.54) is 11.5 Å². The van der Waals surface area contributed by atoms with Gasteiger partial charge in [0.15, 0.2) is 11.4 Å². The zero-order valence-electron chi connectivity index (χ0n) is 15.3. The van der Waals surface area contributed by atoms with Gasteiger partial charge in [-0.05, 0) is 43.3 Å². The van der Waals surface area contributed by atoms with E-state index in [1.54, 1.807) is 40.9 Å². The highest BCUT2D eigenvalue weighted by Gasteiger charge is 2.13. The van der Waals surface area contributed by atoms with Crippen LogP contribution in [0, 0.1) is 0 Å². The molecule has 7 nitrogen and oxygen atoms in total. The van der Waals surface area contributed by atoms with Crippen molar-refractivity contribution in [1.82, 2.24) is 14.0 Å². The monoisotopic (exact) mass is 374 g/mol. The van der Waals surface area contributed by atoms with Crippen molar-refractivity contribution in [2.75, 3.05) is 5.32 Å². The molecule has 28 heavy (non-hydrogen) atoms. The highest BCUT2D eigenvalue weighted by molar-refractivity contribution is 5.97. The molecule has 0 saturated heterocycles. The number of ketones is 1. The number of rotatable bonds is 5. The number of aromatic nitrogens is 3. The lowest BCUT2D eigenvalue weighted by Gasteiger charge is -2.12. The number of benzene rings is 1. The second-order valence-corrected chi connectivity index (χ2v) is 6.50. The number of fused-ring (bicyclic) bond motifs is 3. The Labute approximate surface area is 160 Å². The lowest BCUT2D eigenvalue weighted by molar-refractivity contribution is -0.116. The summed E-state index contributed by atoms with van der Waals surface area (Å²) in [5.41, 5.74) is 2.76. The molecule has 140 valence electrons. The van der Waals surface area contributed by atoms with Crippen LogP contribution >= 0.6 is 0 Å². The van der Waals surface area contributed by atoms with Gasteiger partial charge >= 0.3 is 0 Å². The summed E-state index contributed by atoms with van der Waals surface area (Å²) in [6.45, 7) is 1.68. The molecule has 0 aliphatic heterocycles. The Morgan fingerprint density at radius 2 is 1.89 bits per heavy atom. The molecule has 7 heteroatoms. The van der Waals surface area contributed by atoms with Gasteiger partial charge in [-0.3, -0.25) is 19.0 Å². The molecule has 0 saturated carbocycles. The molecule has 1 amide bonds. The first-order valence-electron chi connectivity index (χ1n) is 8.90. The summed E-state index contributed by atoms with van der Waals surface area (Å²) in [7, 11) is 0. The minimum absolute atomic E-state index is 0.0688. The van der Waals surface area contributed by atoms with Gasteiger partial charge in [-0.25, -0.2) is 4.98 Å². The largest absolute Gasteiger partial charge is 0.326 e. The van der Waals surface area contributed by atoms with Crippen LogP contribution in [-0.2, 0) is 11.3 Å². The molecule has 0 atom stereocenters. The summed E-state index contributed by atoms with van der Waals surface area (Å²) < 4.78 is 3.32. The molecule has 3 heterocycles. The Hall–Kier alpha value is -3.74. The Morgan fingerprint density at radius 3 is 2.71 bits per heavy atom. The van der Waals surface area contributed by atoms with E-state index in [-0.39, 0.29) is 30.2 Å². The van der Waals surface area contributed by atoms with E-state index < -0.39 is 0 Å². The SMILES string of the molecule is CC(=O)c1cccc(NC(=O)CCn2c(=O)c3cccn3c3cccnc32)c1. The number of carbonyl (C=O) groups excluding carboxylic acids is 2. The number of hydrogen-bond acceptors (Lipinski definition) is 4. The third kappa shape index (κ3) is 3.18. The van der Waals surface area contributed by atoms with E-state index >= 15 is 0 Å². The van der Waals surface area contributed by atoms with Crippen LogP contribution in [0.4, 0.5) is 5.69 Å². The molecule has 0 spiro atoms. The van der Waals surface area contributed by atoms with Crippen molar-refractivity contribution < 1.29 is 9.59 Å². The van der Waals surface area contributed by atoms with Crippen LogP contribution in [0.15, 0.2) is 65.7 Å². The molecule has 0 fully saturated rings. The number of anilines is 1. The third-order valence-electron chi connectivity index (χ3n) is 4.61. The van der Waals surface area contributed by atoms with Crippen LogP contribution in [0.25, 0.3) is 16.7 Å². The molecule has 0 unspecified atom stereocenters. The van der Waals surface area contributed by atoms with E-state index in [0.29, 0.717) is 22.4 Å². The predicted molar refractivity (Wildman–Crippen MR) is 107 cm³/mol. The first-order valence-corrected chi connectivity index (χ1v) is 8.90. The molecular formula is C21H18N4O3. The number of Topliss-reactive ketones (excluding diaryl/α,β-unsaturated/α-hetero) is 1. The van der Waals surface area contributed by atoms with Gasteiger partial charge < -0.3 is 9.72 Å². The summed E-state index contributed by atoms with van der Waals surface area (Å²) in [6.07, 6.45) is 3.55. The van der Waals surface area contributed by atoms with Crippen molar-refractivity contribution in [2.24, 2.45) is 0 Å². The summed E-state index contributed by atoms with van der Waals surface area (Å²) >= 11 is 0. The van der Waals surface area contributed by atoms with Gasteiger partial charge in [0.05, 0.1) is 5.52 Å². The number of nitrogens with zero attached hydrogens (tertiary/aromatic N) is 3. The van der Waals surface area contributed by atoms with Gasteiger partial charge in [0, 0.05) is 36.6 Å². The van der Waals surface area contributed by atoms with Crippen molar-refractivity contribution in [1.29, 1.82) is 0 Å². The Morgan fingerprint density at radius 1 is 1.07 bits per heavy atom. The van der Waals surface area contributed by atoms with Crippen molar-refractivity contribution in [3.63, 3.8) is 0 Å². The smallest absolute Gasteiger partial charge is 0.276 e. The normalized spacial score (nSPS) is 11.0. The van der Waals surface area contributed by atoms with E-state index in [9.17, 15) is 14.4 Å². The van der Waals surface area contributed by atoms with Gasteiger partial charge in [-0.1, -0.05) is 12.1 Å². The van der Waals surface area contributed by atoms with Crippen molar-refractivity contribution in [2.45, 2.75) is 19.9 Å². The Bertz CT molecular complexity index is 1270. The minimum Gasteiger partial charge on any atom is -0.326 e. The number of hydrogen-bond donors (Lipinski definition) is 1. The van der Waals surface area contributed by atoms with Crippen LogP contribution in [0.1, 0.15) is 23.7 Å². The van der Waals surface area contributed by atoms with Crippen molar-refractivity contribution >= 4 is 34.1 Å². The molecule has 0 aliphatic rings. The lowest BCUT2D eigenvalue weighted by atomic mass is 10.1. The maximum Gasteiger partial charge on any atom is 0.276 e. The molecule has 1 N–H and O–H groups in total. The summed E-state index contributed by atoms with van der Waals surface area (Å²) in [5, 5.41) is 2.77. The standard InChI is InChI=1S/C21H18N4O3/c1-14(26)15-5-2-6-16(13-15)23-19(27)9-12-25-20-17(7-3-10-22-20)24-11-4-8-18(24)21(25)28/h2-8,10-11,13H,9,12H2,1H3,(H,23,27). The zero-order valence-corrected chi connectivity index (χ0v) is 15.3. The molecule has 4 aromatic rings. The number of carbonyl (C=O) groups is 2. The number of aryl methyl sites for hydroxylation is 1. The summed E-state index contributed by atoms with van der Waals surface area (Å²) in [5.74, 6) is -0.312. The predicted octanol–water partition coefficient (Wildman–Crippen LogP) is 2.88. The fourth-order valence-corrected chi connectivity index (χ4v) is 3.24. The fraction of sp³-hybridized carbons (Fsp3) is 0.143. The maximum absolute atomic E-state index is 12.8. The van der Waals surface area contributed by atoms with Crippen molar-refractivity contribution in [3.05, 3.63) is 76.8 Å². The Kier molecular flexibility index (Phi) is 4.49. The number of pyridine rings is 1. The van der Waals surface area contributed by atoms with Crippen molar-refractivity contribution in [3.8, 4) is 0 Å². The molecule has 0 radical (unpaired) electrons. The van der Waals surface area contributed by atoms with Gasteiger partial charge in [-0.15, -0.1) is 0 Å². The molecule has 4 rings (SSSR count). The topological polar surface area (TPSA) is 85.5 Å². The highest BCUT2D eigenvalue weighted by atomic mass is 16.2. The molecular weight excluding hydrogens is 356 g/mol. The average Bonchev–Trinajstić information content (AvgIpc) is 3.18. The second-order valence-electron chi connectivity index (χ2n) is 6.50. The first-order chi connectivity index (χ1) is 13.5. The Balaban J connectivity index is 1.59. The van der Waals surface area contributed by atoms with Gasteiger partial charge in [0.2, 0.25) is 5.91 Å². The van der Waals surface area contributed by atoms with Gasteiger partial charge in [-0.2, -0.15) is 0 Å².